The van der Waals surface area contributed by atoms with E-state index in [1.807, 2.05) is 23.1 Å². The molecule has 2 bridgehead atoms. The first-order valence-corrected chi connectivity index (χ1v) is 9.92. The van der Waals surface area contributed by atoms with E-state index in [4.69, 9.17) is 9.94 Å². The Balaban J connectivity index is 1.35. The Bertz CT molecular complexity index is 1030. The molecule has 1 unspecified atom stereocenters. The molecule has 0 radical (unpaired) electrons. The van der Waals surface area contributed by atoms with Crippen molar-refractivity contribution in [3.05, 3.63) is 62.7 Å². The van der Waals surface area contributed by atoms with E-state index >= 15 is 0 Å². The number of fused-ring (bicyclic) bond motifs is 5. The van der Waals surface area contributed by atoms with Crippen LogP contribution in [-0.2, 0) is 24.2 Å². The zero-order chi connectivity index (χ0) is 20.1. The lowest BCUT2D eigenvalue weighted by molar-refractivity contribution is -0.133. The van der Waals surface area contributed by atoms with Gasteiger partial charge in [-0.1, -0.05) is 12.1 Å². The third-order valence-electron chi connectivity index (χ3n) is 6.26. The molecular weight excluding hydrogens is 374 g/mol. The van der Waals surface area contributed by atoms with E-state index in [0.717, 1.165) is 29.8 Å². The first-order valence-electron chi connectivity index (χ1n) is 9.92. The maximum absolute atomic E-state index is 13.0. The van der Waals surface area contributed by atoms with Crippen LogP contribution < -0.4 is 15.5 Å². The molecule has 1 amide bonds. The number of hydrogen-bond acceptors (Lipinski definition) is 6. The Morgan fingerprint density at radius 2 is 2.10 bits per heavy atom. The highest BCUT2D eigenvalue weighted by Gasteiger charge is 2.36. The van der Waals surface area contributed by atoms with E-state index < -0.39 is 5.56 Å². The van der Waals surface area contributed by atoms with Gasteiger partial charge in [-0.25, -0.2) is 0 Å². The number of aromatic nitrogens is 1. The molecule has 29 heavy (non-hydrogen) atoms. The van der Waals surface area contributed by atoms with Gasteiger partial charge in [0, 0.05) is 37.7 Å². The van der Waals surface area contributed by atoms with E-state index in [1.54, 1.807) is 10.6 Å². The van der Waals surface area contributed by atoms with Gasteiger partial charge in [0.25, 0.3) is 5.56 Å². The number of carbonyl (C=O) groups is 1. The fourth-order valence-corrected chi connectivity index (χ4v) is 4.89. The Morgan fingerprint density at radius 1 is 1.24 bits per heavy atom. The third-order valence-corrected chi connectivity index (χ3v) is 6.26. The molecule has 152 valence electrons. The Hall–Kier alpha value is -2.84. The van der Waals surface area contributed by atoms with E-state index in [9.17, 15) is 14.8 Å². The van der Waals surface area contributed by atoms with Crippen molar-refractivity contribution in [1.29, 1.82) is 0 Å². The highest BCUT2D eigenvalue weighted by atomic mass is 16.8. The van der Waals surface area contributed by atoms with Crippen LogP contribution in [0.1, 0.15) is 29.2 Å². The fraction of sp³-hybridized carbons (Fsp3) is 0.429. The van der Waals surface area contributed by atoms with E-state index in [0.29, 0.717) is 32.7 Å². The Labute approximate surface area is 167 Å². The van der Waals surface area contributed by atoms with Gasteiger partial charge < -0.3 is 24.6 Å². The minimum atomic E-state index is -0.479. The quantitative estimate of drug-likeness (QED) is 0.793. The van der Waals surface area contributed by atoms with Crippen LogP contribution in [0.4, 0.5) is 5.69 Å². The van der Waals surface area contributed by atoms with Crippen LogP contribution in [0.25, 0.3) is 0 Å². The lowest BCUT2D eigenvalue weighted by atomic mass is 9.83. The first-order chi connectivity index (χ1) is 14.0. The van der Waals surface area contributed by atoms with Crippen LogP contribution in [-0.4, -0.2) is 40.3 Å². The average molecular weight is 396 g/mol. The normalized spacial score (nSPS) is 21.9. The number of amides is 1. The molecule has 8 nitrogen and oxygen atoms in total. The van der Waals surface area contributed by atoms with E-state index in [1.165, 1.54) is 11.6 Å². The third kappa shape index (κ3) is 3.18. The Kier molecular flexibility index (Phi) is 4.33. The summed E-state index contributed by atoms with van der Waals surface area (Å²) >= 11 is 0. The zero-order valence-corrected chi connectivity index (χ0v) is 15.9. The van der Waals surface area contributed by atoms with Crippen molar-refractivity contribution >= 4 is 11.6 Å². The zero-order valence-electron chi connectivity index (χ0n) is 15.9. The number of benzene rings is 1. The predicted octanol–water partition coefficient (Wildman–Crippen LogP) is 1.67. The van der Waals surface area contributed by atoms with Crippen molar-refractivity contribution in [2.24, 2.45) is 5.92 Å². The number of hydrogen-bond donors (Lipinski definition) is 1. The second-order valence-corrected chi connectivity index (χ2v) is 8.15. The molecule has 1 fully saturated rings. The van der Waals surface area contributed by atoms with Crippen molar-refractivity contribution < 1.29 is 14.7 Å². The standard InChI is InChI=1S/C21H22N3O5/c25-20(9-13-1-2-15-5-6-29-19(15)8-13)22-10-14-7-16(12-22)17-3-4-18(24(27)28)21(26)23(17)11-14/h1-4,8,14,16,27H,5-7,9-12H2/q-1/t14-,16?/m0/s1. The maximum Gasteiger partial charge on any atom is 0.275 e. The number of ether oxygens (including phenoxy) is 1. The number of likely N-dealkylation sites (tertiary alicyclic amines) is 1. The second-order valence-electron chi connectivity index (χ2n) is 8.15. The summed E-state index contributed by atoms with van der Waals surface area (Å²) in [6.07, 6.45) is 2.16. The number of carbonyl (C=O) groups excluding carboxylic acids is 1. The van der Waals surface area contributed by atoms with Gasteiger partial charge in [0.05, 0.1) is 13.0 Å². The lowest BCUT2D eigenvalue weighted by Crippen LogP contribution is -2.49. The smallest absolute Gasteiger partial charge is 0.275 e. The van der Waals surface area contributed by atoms with Crippen LogP contribution in [0.2, 0.25) is 0 Å². The summed E-state index contributed by atoms with van der Waals surface area (Å²) < 4.78 is 7.18. The molecule has 2 aromatic rings. The van der Waals surface area contributed by atoms with Gasteiger partial charge in [-0.05, 0) is 41.7 Å². The molecule has 1 saturated heterocycles. The van der Waals surface area contributed by atoms with Crippen molar-refractivity contribution in [2.45, 2.75) is 31.7 Å². The number of piperidine rings is 1. The van der Waals surface area contributed by atoms with Crippen LogP contribution in [0.3, 0.4) is 0 Å². The number of pyridine rings is 1. The molecule has 1 aromatic carbocycles. The summed E-state index contributed by atoms with van der Waals surface area (Å²) in [6, 6.07) is 9.06. The maximum atomic E-state index is 13.0. The molecule has 0 spiro atoms. The van der Waals surface area contributed by atoms with Gasteiger partial charge in [-0.2, -0.15) is 0 Å². The SMILES string of the molecule is O=C(Cc1ccc2c(c1)OCC2)N1CC2C[C@@H](C1)Cn1c2ccc(N([O-])O)c1=O. The van der Waals surface area contributed by atoms with E-state index in [2.05, 4.69) is 0 Å². The lowest BCUT2D eigenvalue weighted by Gasteiger charge is -2.43. The summed E-state index contributed by atoms with van der Waals surface area (Å²) in [5.74, 6) is 1.16. The van der Waals surface area contributed by atoms with Crippen molar-refractivity contribution in [2.75, 3.05) is 24.9 Å². The van der Waals surface area contributed by atoms with Gasteiger partial charge in [-0.3, -0.25) is 14.8 Å². The van der Waals surface area contributed by atoms with Gasteiger partial charge >= 0.3 is 0 Å². The average Bonchev–Trinajstić information content (AvgIpc) is 3.16. The number of anilines is 1. The van der Waals surface area contributed by atoms with Gasteiger partial charge in [0.1, 0.15) is 11.4 Å². The highest BCUT2D eigenvalue weighted by Crippen LogP contribution is 2.36. The topological polar surface area (TPSA) is 98.1 Å². The summed E-state index contributed by atoms with van der Waals surface area (Å²) in [7, 11) is 0. The molecule has 8 heteroatoms. The van der Waals surface area contributed by atoms with Crippen LogP contribution >= 0.6 is 0 Å². The largest absolute Gasteiger partial charge is 0.733 e. The molecule has 4 heterocycles. The van der Waals surface area contributed by atoms with Crippen LogP contribution in [0.5, 0.6) is 5.75 Å². The van der Waals surface area contributed by atoms with Gasteiger partial charge in [0.15, 0.2) is 0 Å². The molecule has 1 N–H and O–H groups in total. The second kappa shape index (κ2) is 6.89. The van der Waals surface area contributed by atoms with Crippen molar-refractivity contribution in [3.8, 4) is 5.75 Å². The van der Waals surface area contributed by atoms with Crippen LogP contribution in [0, 0.1) is 11.1 Å². The fourth-order valence-electron chi connectivity index (χ4n) is 4.89. The minimum absolute atomic E-state index is 0.0512. The summed E-state index contributed by atoms with van der Waals surface area (Å²) in [6.45, 7) is 2.29. The molecule has 3 aliphatic heterocycles. The molecule has 3 aliphatic rings. The van der Waals surface area contributed by atoms with Crippen molar-refractivity contribution in [1.82, 2.24) is 9.47 Å². The molecule has 0 saturated carbocycles. The van der Waals surface area contributed by atoms with Gasteiger partial charge in [0.2, 0.25) is 5.91 Å². The number of nitrogens with zero attached hydrogens (tertiary/aromatic N) is 3. The minimum Gasteiger partial charge on any atom is -0.733 e. The summed E-state index contributed by atoms with van der Waals surface area (Å²) in [4.78, 5) is 27.4. The highest BCUT2D eigenvalue weighted by molar-refractivity contribution is 5.79. The summed E-state index contributed by atoms with van der Waals surface area (Å²) in [5.41, 5.74) is 2.20. The molecule has 1 aromatic heterocycles. The predicted molar refractivity (Wildman–Crippen MR) is 105 cm³/mol. The monoisotopic (exact) mass is 396 g/mol. The molecule has 5 rings (SSSR count). The Morgan fingerprint density at radius 3 is 2.93 bits per heavy atom. The first kappa shape index (κ1) is 18.2. The number of rotatable bonds is 3. The molecular formula is C21H22N3O5-. The summed E-state index contributed by atoms with van der Waals surface area (Å²) in [5, 5.41) is 19.9. The molecule has 2 atom stereocenters. The molecule has 0 aliphatic carbocycles. The van der Waals surface area contributed by atoms with Crippen molar-refractivity contribution in [3.63, 3.8) is 0 Å². The van der Waals surface area contributed by atoms with Crippen LogP contribution in [0.15, 0.2) is 35.1 Å². The van der Waals surface area contributed by atoms with E-state index in [-0.39, 0.29) is 28.7 Å². The van der Waals surface area contributed by atoms with Gasteiger partial charge in [-0.15, -0.1) is 0 Å².